The van der Waals surface area contributed by atoms with Crippen LogP contribution in [0.15, 0.2) is 15.8 Å². The smallest absolute Gasteiger partial charge is 0.330 e. The number of nitrogens with zero attached hydrogens (tertiary/aromatic N) is 1. The van der Waals surface area contributed by atoms with Crippen molar-refractivity contribution >= 4 is 0 Å². The lowest BCUT2D eigenvalue weighted by molar-refractivity contribution is -0.0769. The van der Waals surface area contributed by atoms with Gasteiger partial charge in [0, 0.05) is 0 Å². The van der Waals surface area contributed by atoms with E-state index in [1.54, 1.807) is 4.98 Å². The number of ether oxygens (including phenoxy) is 1. The molecule has 1 fully saturated rings. The first kappa shape index (κ1) is 15.4. The van der Waals surface area contributed by atoms with Crippen molar-refractivity contribution in [3.63, 3.8) is 0 Å². The number of nitrogens with one attached hydrogen (secondary N) is 1. The molecule has 4 N–H and O–H groups in total. The van der Waals surface area contributed by atoms with E-state index in [0.717, 1.165) is 0 Å². The van der Waals surface area contributed by atoms with E-state index in [1.165, 1.54) is 6.92 Å². The first-order chi connectivity index (χ1) is 9.85. The van der Waals surface area contributed by atoms with E-state index < -0.39 is 47.7 Å². The summed E-state index contributed by atoms with van der Waals surface area (Å²) in [4.78, 5) is 24.4. The SMILES string of the molecule is CC#CC1(O)C(O)C(CO)OC1n1cc(F)c(=O)[nH]c1=O. The third-order valence-corrected chi connectivity index (χ3v) is 3.17. The Kier molecular flexibility index (Phi) is 3.97. The lowest BCUT2D eigenvalue weighted by Gasteiger charge is -2.26. The van der Waals surface area contributed by atoms with Crippen LogP contribution in [0.25, 0.3) is 0 Å². The van der Waals surface area contributed by atoms with Gasteiger partial charge in [-0.3, -0.25) is 14.3 Å². The molecule has 4 unspecified atom stereocenters. The minimum atomic E-state index is -2.24. The number of aromatic amines is 1. The molecule has 1 aliphatic heterocycles. The van der Waals surface area contributed by atoms with Gasteiger partial charge in [-0.05, 0) is 6.92 Å². The summed E-state index contributed by atoms with van der Waals surface area (Å²) in [5.41, 5.74) is -4.51. The second kappa shape index (κ2) is 5.42. The van der Waals surface area contributed by atoms with Crippen molar-refractivity contribution in [1.29, 1.82) is 0 Å². The number of rotatable bonds is 2. The van der Waals surface area contributed by atoms with E-state index in [2.05, 4.69) is 11.8 Å². The molecule has 0 saturated carbocycles. The Morgan fingerprint density at radius 1 is 1.57 bits per heavy atom. The monoisotopic (exact) mass is 300 g/mol. The summed E-state index contributed by atoms with van der Waals surface area (Å²) in [6.45, 7) is 0.732. The van der Waals surface area contributed by atoms with Crippen LogP contribution in [-0.2, 0) is 4.74 Å². The second-order valence-electron chi connectivity index (χ2n) is 4.50. The highest BCUT2D eigenvalue weighted by molar-refractivity contribution is 5.22. The third-order valence-electron chi connectivity index (χ3n) is 3.17. The minimum absolute atomic E-state index is 0.542. The number of H-pyrrole nitrogens is 1. The predicted octanol–water partition coefficient (Wildman–Crippen LogP) is -2.32. The van der Waals surface area contributed by atoms with Crippen molar-refractivity contribution in [1.82, 2.24) is 9.55 Å². The number of aromatic nitrogens is 2. The molecule has 0 spiro atoms. The van der Waals surface area contributed by atoms with Crippen LogP contribution < -0.4 is 11.2 Å². The number of hydrogen-bond donors (Lipinski definition) is 4. The van der Waals surface area contributed by atoms with Gasteiger partial charge in [-0.1, -0.05) is 5.92 Å². The molecule has 1 aromatic heterocycles. The van der Waals surface area contributed by atoms with E-state index in [-0.39, 0.29) is 0 Å². The maximum Gasteiger partial charge on any atom is 0.330 e. The molecule has 1 aliphatic rings. The van der Waals surface area contributed by atoms with Gasteiger partial charge in [0.05, 0.1) is 12.8 Å². The topological polar surface area (TPSA) is 125 Å². The Bertz CT molecular complexity index is 717. The highest BCUT2D eigenvalue weighted by Gasteiger charge is 2.55. The summed E-state index contributed by atoms with van der Waals surface area (Å²) in [6.07, 6.45) is -3.89. The van der Waals surface area contributed by atoms with E-state index in [0.29, 0.717) is 10.8 Å². The largest absolute Gasteiger partial charge is 0.394 e. The van der Waals surface area contributed by atoms with Gasteiger partial charge in [0.2, 0.25) is 5.82 Å². The van der Waals surface area contributed by atoms with Gasteiger partial charge in [0.15, 0.2) is 11.8 Å². The molecular formula is C12H13FN2O6. The van der Waals surface area contributed by atoms with Gasteiger partial charge < -0.3 is 20.1 Å². The van der Waals surface area contributed by atoms with E-state index in [9.17, 15) is 24.2 Å². The molecule has 9 heteroatoms. The lowest BCUT2D eigenvalue weighted by Crippen LogP contribution is -2.48. The van der Waals surface area contributed by atoms with Crippen LogP contribution in [0.3, 0.4) is 0 Å². The van der Waals surface area contributed by atoms with Crippen molar-refractivity contribution in [2.75, 3.05) is 6.61 Å². The summed E-state index contributed by atoms with van der Waals surface area (Å²) in [5, 5.41) is 29.5. The van der Waals surface area contributed by atoms with Gasteiger partial charge >= 0.3 is 5.69 Å². The van der Waals surface area contributed by atoms with Gasteiger partial charge in [-0.15, -0.1) is 5.92 Å². The van der Waals surface area contributed by atoms with Crippen LogP contribution in [0.5, 0.6) is 0 Å². The fourth-order valence-corrected chi connectivity index (χ4v) is 2.16. The molecule has 0 amide bonds. The standard InChI is InChI=1S/C12H13FN2O6/c1-2-3-12(20)8(17)7(5-16)21-10(12)15-4-6(13)9(18)14-11(15)19/h4,7-8,10,16-17,20H,5H2,1H3,(H,14,18,19). The van der Waals surface area contributed by atoms with Crippen LogP contribution >= 0.6 is 0 Å². The molecule has 8 nitrogen and oxygen atoms in total. The van der Waals surface area contributed by atoms with Crippen LogP contribution in [-0.4, -0.2) is 49.3 Å². The third kappa shape index (κ3) is 2.38. The van der Waals surface area contributed by atoms with Gasteiger partial charge in [0.25, 0.3) is 5.56 Å². The summed E-state index contributed by atoms with van der Waals surface area (Å²) in [5.74, 6) is 3.39. The fourth-order valence-electron chi connectivity index (χ4n) is 2.16. The Hall–Kier alpha value is -1.99. The zero-order valence-electron chi connectivity index (χ0n) is 10.9. The maximum absolute atomic E-state index is 13.3. The Balaban J connectivity index is 2.60. The van der Waals surface area contributed by atoms with Crippen molar-refractivity contribution in [3.8, 4) is 11.8 Å². The number of halogens is 1. The molecule has 2 heterocycles. The minimum Gasteiger partial charge on any atom is -0.394 e. The van der Waals surface area contributed by atoms with Gasteiger partial charge in [-0.25, -0.2) is 4.79 Å². The van der Waals surface area contributed by atoms with Crippen molar-refractivity contribution < 1.29 is 24.4 Å². The quantitative estimate of drug-likeness (QED) is 0.455. The molecule has 0 bridgehead atoms. The van der Waals surface area contributed by atoms with E-state index in [1.807, 2.05) is 0 Å². The highest BCUT2D eigenvalue weighted by atomic mass is 19.1. The van der Waals surface area contributed by atoms with Crippen LogP contribution in [0.1, 0.15) is 13.2 Å². The zero-order valence-corrected chi connectivity index (χ0v) is 10.9. The number of aliphatic hydroxyl groups excluding tert-OH is 2. The summed E-state index contributed by atoms with van der Waals surface area (Å²) >= 11 is 0. The van der Waals surface area contributed by atoms with Gasteiger partial charge in [-0.2, -0.15) is 4.39 Å². The van der Waals surface area contributed by atoms with Crippen molar-refractivity contribution in [2.24, 2.45) is 0 Å². The molecule has 1 saturated heterocycles. The molecule has 21 heavy (non-hydrogen) atoms. The Labute approximate surface area is 117 Å². The summed E-state index contributed by atoms with van der Waals surface area (Å²) in [6, 6.07) is 0. The van der Waals surface area contributed by atoms with Gasteiger partial charge in [0.1, 0.15) is 12.2 Å². The summed E-state index contributed by atoms with van der Waals surface area (Å²) < 4.78 is 19.1. The molecule has 0 aliphatic carbocycles. The molecule has 114 valence electrons. The van der Waals surface area contributed by atoms with E-state index >= 15 is 0 Å². The maximum atomic E-state index is 13.3. The lowest BCUT2D eigenvalue weighted by atomic mass is 9.94. The first-order valence-corrected chi connectivity index (χ1v) is 5.96. The molecule has 0 aromatic carbocycles. The fraction of sp³-hybridized carbons (Fsp3) is 0.500. The molecule has 4 atom stereocenters. The molecular weight excluding hydrogens is 287 g/mol. The van der Waals surface area contributed by atoms with E-state index in [4.69, 9.17) is 9.84 Å². The average Bonchev–Trinajstić information content (AvgIpc) is 2.67. The van der Waals surface area contributed by atoms with Crippen LogP contribution in [0.2, 0.25) is 0 Å². The normalized spacial score (nSPS) is 31.8. The van der Waals surface area contributed by atoms with Crippen LogP contribution in [0, 0.1) is 17.7 Å². The second-order valence-corrected chi connectivity index (χ2v) is 4.50. The molecule has 0 radical (unpaired) electrons. The van der Waals surface area contributed by atoms with Crippen molar-refractivity contribution in [2.45, 2.75) is 31.0 Å². The molecule has 2 rings (SSSR count). The number of aliphatic hydroxyl groups is 3. The predicted molar refractivity (Wildman–Crippen MR) is 66.7 cm³/mol. The average molecular weight is 300 g/mol. The first-order valence-electron chi connectivity index (χ1n) is 5.96. The molecule has 1 aromatic rings. The summed E-state index contributed by atoms with van der Waals surface area (Å²) in [7, 11) is 0. The number of hydrogen-bond acceptors (Lipinski definition) is 6. The van der Waals surface area contributed by atoms with Crippen LogP contribution in [0.4, 0.5) is 4.39 Å². The Morgan fingerprint density at radius 2 is 2.24 bits per heavy atom. The highest BCUT2D eigenvalue weighted by Crippen LogP contribution is 2.37. The van der Waals surface area contributed by atoms with Crippen molar-refractivity contribution in [3.05, 3.63) is 32.9 Å². The Morgan fingerprint density at radius 3 is 2.81 bits per heavy atom. The zero-order chi connectivity index (χ0) is 15.8.